The van der Waals surface area contributed by atoms with Crippen molar-refractivity contribution in [3.8, 4) is 0 Å². The average Bonchev–Trinajstić information content (AvgIpc) is 3.34. The Kier molecular flexibility index (Phi) is 6.57. The molecule has 0 unspecified atom stereocenters. The Morgan fingerprint density at radius 2 is 1.96 bits per heavy atom. The van der Waals surface area contributed by atoms with Crippen molar-refractivity contribution in [3.05, 3.63) is 70.0 Å². The highest BCUT2D eigenvalue weighted by Gasteiger charge is 2.11. The molecule has 0 aliphatic rings. The van der Waals surface area contributed by atoms with Crippen LogP contribution in [0.25, 0.3) is 0 Å². The molecule has 0 fully saturated rings. The highest BCUT2D eigenvalue weighted by atomic mass is 32.1. The largest absolute Gasteiger partial charge is 0.355 e. The quantitative estimate of drug-likeness (QED) is 0.612. The maximum atomic E-state index is 12.4. The van der Waals surface area contributed by atoms with Crippen LogP contribution in [0.2, 0.25) is 0 Å². The second-order valence-electron chi connectivity index (χ2n) is 6.45. The number of nitrogens with one attached hydrogen (secondary N) is 2. The van der Waals surface area contributed by atoms with Gasteiger partial charge in [-0.05, 0) is 36.2 Å². The third-order valence-electron chi connectivity index (χ3n) is 4.18. The first-order valence-corrected chi connectivity index (χ1v) is 9.76. The summed E-state index contributed by atoms with van der Waals surface area (Å²) in [6.45, 7) is 1.49. The molecule has 1 aromatic carbocycles. The SMILES string of the molecule is CNC(=O)c1ccc(CN(C)CC(=O)Nc2ccnn2Cc2cccs2)cc1. The Balaban J connectivity index is 1.52. The number of hydrogen-bond acceptors (Lipinski definition) is 5. The van der Waals surface area contributed by atoms with Gasteiger partial charge in [0.2, 0.25) is 5.91 Å². The minimum absolute atomic E-state index is 0.0996. The van der Waals surface area contributed by atoms with Crippen molar-refractivity contribution in [3.63, 3.8) is 0 Å². The molecule has 146 valence electrons. The number of aromatic nitrogens is 2. The van der Waals surface area contributed by atoms with Crippen molar-refractivity contribution >= 4 is 29.0 Å². The number of benzene rings is 1. The Bertz CT molecular complexity index is 918. The van der Waals surface area contributed by atoms with Crippen LogP contribution in [0.3, 0.4) is 0 Å². The maximum Gasteiger partial charge on any atom is 0.251 e. The van der Waals surface area contributed by atoms with Crippen molar-refractivity contribution in [2.24, 2.45) is 0 Å². The van der Waals surface area contributed by atoms with Crippen molar-refractivity contribution in [1.29, 1.82) is 0 Å². The van der Waals surface area contributed by atoms with Crippen LogP contribution < -0.4 is 10.6 Å². The fourth-order valence-electron chi connectivity index (χ4n) is 2.82. The lowest BCUT2D eigenvalue weighted by atomic mass is 10.1. The van der Waals surface area contributed by atoms with Crippen LogP contribution in [-0.4, -0.2) is 47.1 Å². The summed E-state index contributed by atoms with van der Waals surface area (Å²) >= 11 is 1.66. The molecule has 0 radical (unpaired) electrons. The fraction of sp³-hybridized carbons (Fsp3) is 0.250. The van der Waals surface area contributed by atoms with Gasteiger partial charge in [0.15, 0.2) is 0 Å². The summed E-state index contributed by atoms with van der Waals surface area (Å²) in [5.74, 6) is 0.470. The summed E-state index contributed by atoms with van der Waals surface area (Å²) in [5, 5.41) is 11.8. The zero-order valence-corrected chi connectivity index (χ0v) is 16.7. The van der Waals surface area contributed by atoms with Gasteiger partial charge >= 0.3 is 0 Å². The Labute approximate surface area is 168 Å². The smallest absolute Gasteiger partial charge is 0.251 e. The predicted molar refractivity (Wildman–Crippen MR) is 110 cm³/mol. The van der Waals surface area contributed by atoms with Gasteiger partial charge in [0, 0.05) is 30.1 Å². The predicted octanol–water partition coefficient (Wildman–Crippen LogP) is 2.42. The summed E-state index contributed by atoms with van der Waals surface area (Å²) < 4.78 is 1.78. The number of hydrogen-bond donors (Lipinski definition) is 2. The Hall–Kier alpha value is -2.97. The number of rotatable bonds is 8. The molecule has 28 heavy (non-hydrogen) atoms. The van der Waals surface area contributed by atoms with Gasteiger partial charge < -0.3 is 10.6 Å². The second-order valence-corrected chi connectivity index (χ2v) is 7.48. The molecule has 0 bridgehead atoms. The first kappa shape index (κ1) is 19.8. The van der Waals surface area contributed by atoms with E-state index in [1.807, 2.05) is 41.6 Å². The molecule has 0 aliphatic carbocycles. The van der Waals surface area contributed by atoms with E-state index in [-0.39, 0.29) is 18.4 Å². The molecule has 7 nitrogen and oxygen atoms in total. The molecular weight excluding hydrogens is 374 g/mol. The van der Waals surface area contributed by atoms with Gasteiger partial charge in [-0.15, -0.1) is 11.3 Å². The summed E-state index contributed by atoms with van der Waals surface area (Å²) in [6, 6.07) is 13.2. The number of amides is 2. The van der Waals surface area contributed by atoms with Gasteiger partial charge in [0.05, 0.1) is 19.3 Å². The topological polar surface area (TPSA) is 79.3 Å². The molecule has 0 saturated carbocycles. The van der Waals surface area contributed by atoms with Gasteiger partial charge in [0.1, 0.15) is 5.82 Å². The minimum Gasteiger partial charge on any atom is -0.355 e. The van der Waals surface area contributed by atoms with E-state index in [2.05, 4.69) is 15.7 Å². The van der Waals surface area contributed by atoms with Gasteiger partial charge in [0.25, 0.3) is 5.91 Å². The summed E-state index contributed by atoms with van der Waals surface area (Å²) in [7, 11) is 3.49. The fourth-order valence-corrected chi connectivity index (χ4v) is 3.50. The molecule has 0 aliphatic heterocycles. The van der Waals surface area contributed by atoms with Gasteiger partial charge in [-0.3, -0.25) is 14.5 Å². The molecule has 3 rings (SSSR count). The maximum absolute atomic E-state index is 12.4. The van der Waals surface area contributed by atoms with E-state index in [0.717, 1.165) is 5.56 Å². The molecular formula is C20H23N5O2S. The standard InChI is InChI=1S/C20H23N5O2S/c1-21-20(27)16-7-5-15(6-8-16)12-24(2)14-19(26)23-18-9-10-22-25(18)13-17-4-3-11-28-17/h3-11H,12-14H2,1-2H3,(H,21,27)(H,23,26). The number of anilines is 1. The highest BCUT2D eigenvalue weighted by molar-refractivity contribution is 7.09. The zero-order chi connectivity index (χ0) is 19.9. The average molecular weight is 398 g/mol. The lowest BCUT2D eigenvalue weighted by molar-refractivity contribution is -0.117. The highest BCUT2D eigenvalue weighted by Crippen LogP contribution is 2.14. The van der Waals surface area contributed by atoms with E-state index in [0.29, 0.717) is 24.5 Å². The van der Waals surface area contributed by atoms with E-state index in [4.69, 9.17) is 0 Å². The third-order valence-corrected chi connectivity index (χ3v) is 5.04. The number of nitrogens with zero attached hydrogens (tertiary/aromatic N) is 3. The van der Waals surface area contributed by atoms with Gasteiger partial charge in [-0.2, -0.15) is 5.10 Å². The molecule has 2 amide bonds. The molecule has 3 aromatic rings. The summed E-state index contributed by atoms with van der Waals surface area (Å²) in [4.78, 5) is 27.1. The monoisotopic (exact) mass is 397 g/mol. The lowest BCUT2D eigenvalue weighted by Crippen LogP contribution is -2.30. The first-order valence-electron chi connectivity index (χ1n) is 8.89. The van der Waals surface area contributed by atoms with Crippen LogP contribution in [-0.2, 0) is 17.9 Å². The second kappa shape index (κ2) is 9.29. The van der Waals surface area contributed by atoms with Crippen LogP contribution in [0.1, 0.15) is 20.8 Å². The van der Waals surface area contributed by atoms with Crippen LogP contribution in [0, 0.1) is 0 Å². The number of likely N-dealkylation sites (N-methyl/N-ethyl adjacent to an activating group) is 1. The van der Waals surface area contributed by atoms with Crippen molar-refractivity contribution < 1.29 is 9.59 Å². The molecule has 2 N–H and O–H groups in total. The van der Waals surface area contributed by atoms with Gasteiger partial charge in [-0.1, -0.05) is 18.2 Å². The Morgan fingerprint density at radius 3 is 2.64 bits per heavy atom. The Morgan fingerprint density at radius 1 is 1.18 bits per heavy atom. The van der Waals surface area contributed by atoms with Gasteiger partial charge in [-0.25, -0.2) is 4.68 Å². The van der Waals surface area contributed by atoms with Crippen molar-refractivity contribution in [1.82, 2.24) is 20.0 Å². The third kappa shape index (κ3) is 5.28. The summed E-state index contributed by atoms with van der Waals surface area (Å²) in [6.07, 6.45) is 1.68. The molecule has 0 saturated heterocycles. The van der Waals surface area contributed by atoms with E-state index in [1.165, 1.54) is 4.88 Å². The first-order chi connectivity index (χ1) is 13.5. The molecule has 0 atom stereocenters. The van der Waals surface area contributed by atoms with Crippen LogP contribution in [0.15, 0.2) is 54.0 Å². The molecule has 2 heterocycles. The van der Waals surface area contributed by atoms with Crippen molar-refractivity contribution in [2.75, 3.05) is 26.0 Å². The molecule has 8 heteroatoms. The van der Waals surface area contributed by atoms with E-state index < -0.39 is 0 Å². The minimum atomic E-state index is -0.113. The zero-order valence-electron chi connectivity index (χ0n) is 15.9. The molecule has 0 spiro atoms. The van der Waals surface area contributed by atoms with Crippen LogP contribution >= 0.6 is 11.3 Å². The number of thiophene rings is 1. The van der Waals surface area contributed by atoms with E-state index in [1.54, 1.807) is 47.5 Å². The lowest BCUT2D eigenvalue weighted by Gasteiger charge is -2.17. The van der Waals surface area contributed by atoms with E-state index in [9.17, 15) is 9.59 Å². The summed E-state index contributed by atoms with van der Waals surface area (Å²) in [5.41, 5.74) is 1.65. The molecule has 2 aromatic heterocycles. The normalized spacial score (nSPS) is 10.8. The van der Waals surface area contributed by atoms with E-state index >= 15 is 0 Å². The van der Waals surface area contributed by atoms with Crippen molar-refractivity contribution in [2.45, 2.75) is 13.1 Å². The van der Waals surface area contributed by atoms with Crippen LogP contribution in [0.5, 0.6) is 0 Å². The number of carbonyl (C=O) groups excluding carboxylic acids is 2. The van der Waals surface area contributed by atoms with Crippen LogP contribution in [0.4, 0.5) is 5.82 Å². The number of carbonyl (C=O) groups is 2.